The van der Waals surface area contributed by atoms with Crippen LogP contribution in [-0.2, 0) is 5.41 Å². The molecular weight excluding hydrogens is 326 g/mol. The molecule has 0 bridgehead atoms. The average Bonchev–Trinajstić information content (AvgIpc) is 2.97. The highest BCUT2D eigenvalue weighted by molar-refractivity contribution is 5.84. The zero-order valence-electron chi connectivity index (χ0n) is 16.3. The van der Waals surface area contributed by atoms with Crippen molar-refractivity contribution in [2.75, 3.05) is 11.9 Å². The highest BCUT2D eigenvalue weighted by Crippen LogP contribution is 2.56. The molecule has 1 nitrogen and oxygen atoms in total. The van der Waals surface area contributed by atoms with Crippen LogP contribution in [0.25, 0.3) is 11.1 Å². The third kappa shape index (κ3) is 2.52. The van der Waals surface area contributed by atoms with Gasteiger partial charge in [-0.1, -0.05) is 67.3 Å². The Hall–Kier alpha value is -2.54. The van der Waals surface area contributed by atoms with Crippen molar-refractivity contribution in [2.24, 2.45) is 0 Å². The minimum Gasteiger partial charge on any atom is -0.345 e. The number of aryl methyl sites for hydroxylation is 1. The summed E-state index contributed by atoms with van der Waals surface area (Å²) >= 11 is 0. The molecule has 0 unspecified atom stereocenters. The van der Waals surface area contributed by atoms with Gasteiger partial charge in [0.05, 0.1) is 0 Å². The molecule has 3 aromatic rings. The first kappa shape index (κ1) is 16.6. The number of fused-ring (bicyclic) bond motifs is 5. The molecule has 2 aliphatic rings. The van der Waals surface area contributed by atoms with E-state index >= 15 is 0 Å². The normalized spacial score (nSPS) is 16.8. The molecule has 0 aliphatic heterocycles. The van der Waals surface area contributed by atoms with Gasteiger partial charge in [0.1, 0.15) is 0 Å². The van der Waals surface area contributed by atoms with Crippen molar-refractivity contribution >= 4 is 11.4 Å². The van der Waals surface area contributed by atoms with Crippen LogP contribution in [0.2, 0.25) is 0 Å². The Labute approximate surface area is 162 Å². The lowest BCUT2D eigenvalue weighted by molar-refractivity contribution is 0.353. The van der Waals surface area contributed by atoms with E-state index in [0.717, 1.165) is 0 Å². The number of hydrogen-bond acceptors (Lipinski definition) is 1. The fourth-order valence-electron chi connectivity index (χ4n) is 5.32. The van der Waals surface area contributed by atoms with Crippen LogP contribution in [0.3, 0.4) is 0 Å². The summed E-state index contributed by atoms with van der Waals surface area (Å²) in [4.78, 5) is 2.29. The summed E-state index contributed by atoms with van der Waals surface area (Å²) in [5.74, 6) is 0. The number of benzene rings is 3. The molecule has 2 aliphatic carbocycles. The Balaban J connectivity index is 1.67. The summed E-state index contributed by atoms with van der Waals surface area (Å²) in [6.45, 7) is 2.21. The van der Waals surface area contributed by atoms with Gasteiger partial charge in [-0.25, -0.2) is 0 Å². The van der Waals surface area contributed by atoms with Gasteiger partial charge in [0.15, 0.2) is 0 Å². The van der Waals surface area contributed by atoms with E-state index in [4.69, 9.17) is 0 Å². The molecule has 5 rings (SSSR count). The minimum absolute atomic E-state index is 0.250. The van der Waals surface area contributed by atoms with E-state index in [1.165, 1.54) is 60.2 Å². The summed E-state index contributed by atoms with van der Waals surface area (Å²) in [6.07, 6.45) is 6.66. The van der Waals surface area contributed by atoms with Gasteiger partial charge in [0.25, 0.3) is 0 Å². The molecule has 27 heavy (non-hydrogen) atoms. The van der Waals surface area contributed by atoms with Crippen molar-refractivity contribution < 1.29 is 0 Å². The maximum absolute atomic E-state index is 2.42. The van der Waals surface area contributed by atoms with E-state index < -0.39 is 0 Å². The zero-order valence-corrected chi connectivity index (χ0v) is 16.3. The van der Waals surface area contributed by atoms with E-state index in [-0.39, 0.29) is 5.41 Å². The molecule has 0 N–H and O–H groups in total. The van der Waals surface area contributed by atoms with Crippen molar-refractivity contribution in [3.63, 3.8) is 0 Å². The summed E-state index contributed by atoms with van der Waals surface area (Å²) < 4.78 is 0. The number of rotatable bonds is 2. The van der Waals surface area contributed by atoms with Crippen molar-refractivity contribution in [1.82, 2.24) is 0 Å². The molecule has 3 aromatic carbocycles. The smallest absolute Gasteiger partial charge is 0.0414 e. The third-order valence-electron chi connectivity index (χ3n) is 6.74. The molecule has 0 atom stereocenters. The predicted octanol–water partition coefficient (Wildman–Crippen LogP) is 6.99. The maximum Gasteiger partial charge on any atom is 0.0414 e. The standard InChI is InChI=1S/C26H27N/c1-19-11-13-24-22(17-19)23-18-21(27(2)20-9-5-3-6-10-20)12-14-25(23)26(24)15-7-4-8-16-26/h3,5-6,9-14,17-18H,4,7-8,15-16H2,1-2H3. The monoisotopic (exact) mass is 353 g/mol. The van der Waals surface area contributed by atoms with E-state index in [2.05, 4.69) is 85.6 Å². The van der Waals surface area contributed by atoms with Crippen LogP contribution < -0.4 is 4.90 Å². The topological polar surface area (TPSA) is 3.24 Å². The van der Waals surface area contributed by atoms with Crippen molar-refractivity contribution in [3.8, 4) is 11.1 Å². The Morgan fingerprint density at radius 1 is 0.704 bits per heavy atom. The summed E-state index contributed by atoms with van der Waals surface area (Å²) in [5, 5.41) is 0. The summed E-state index contributed by atoms with van der Waals surface area (Å²) in [6, 6.07) is 24.9. The van der Waals surface area contributed by atoms with E-state index in [0.29, 0.717) is 0 Å². The zero-order chi connectivity index (χ0) is 18.4. The lowest BCUT2D eigenvalue weighted by Gasteiger charge is -2.36. The van der Waals surface area contributed by atoms with Gasteiger partial charge in [-0.2, -0.15) is 0 Å². The predicted molar refractivity (Wildman–Crippen MR) is 115 cm³/mol. The van der Waals surface area contributed by atoms with E-state index in [1.807, 2.05) is 0 Å². The molecule has 1 saturated carbocycles. The molecule has 136 valence electrons. The summed E-state index contributed by atoms with van der Waals surface area (Å²) in [5.41, 5.74) is 10.2. The molecule has 1 fully saturated rings. The first-order valence-electron chi connectivity index (χ1n) is 10.2. The maximum atomic E-state index is 2.42. The largest absolute Gasteiger partial charge is 0.345 e. The Bertz CT molecular complexity index is 980. The Morgan fingerprint density at radius 3 is 2.11 bits per heavy atom. The first-order chi connectivity index (χ1) is 13.2. The number of nitrogens with zero attached hydrogens (tertiary/aromatic N) is 1. The van der Waals surface area contributed by atoms with Gasteiger partial charge in [-0.15, -0.1) is 0 Å². The minimum atomic E-state index is 0.250. The van der Waals surface area contributed by atoms with Crippen LogP contribution in [0.1, 0.15) is 48.8 Å². The Morgan fingerprint density at radius 2 is 1.37 bits per heavy atom. The van der Waals surface area contributed by atoms with Crippen LogP contribution in [-0.4, -0.2) is 7.05 Å². The quantitative estimate of drug-likeness (QED) is 0.480. The molecule has 1 spiro atoms. The van der Waals surface area contributed by atoms with Gasteiger partial charge in [0, 0.05) is 23.8 Å². The molecular formula is C26H27N. The number of anilines is 2. The lowest BCUT2D eigenvalue weighted by Crippen LogP contribution is -2.28. The second kappa shape index (κ2) is 6.27. The fraction of sp³-hybridized carbons (Fsp3) is 0.308. The van der Waals surface area contributed by atoms with Crippen LogP contribution >= 0.6 is 0 Å². The second-order valence-electron chi connectivity index (χ2n) is 8.32. The van der Waals surface area contributed by atoms with E-state index in [9.17, 15) is 0 Å². The number of hydrogen-bond donors (Lipinski definition) is 0. The third-order valence-corrected chi connectivity index (χ3v) is 6.74. The Kier molecular flexibility index (Phi) is 3.86. The molecule has 0 aromatic heterocycles. The van der Waals surface area contributed by atoms with E-state index in [1.54, 1.807) is 11.1 Å². The van der Waals surface area contributed by atoms with Gasteiger partial charge in [-0.05, 0) is 66.3 Å². The molecule has 1 heteroatoms. The highest BCUT2D eigenvalue weighted by Gasteiger charge is 2.43. The van der Waals surface area contributed by atoms with Crippen molar-refractivity contribution in [3.05, 3.63) is 83.4 Å². The average molecular weight is 354 g/mol. The first-order valence-corrected chi connectivity index (χ1v) is 10.2. The van der Waals surface area contributed by atoms with Crippen LogP contribution in [0, 0.1) is 6.92 Å². The van der Waals surface area contributed by atoms with Gasteiger partial charge in [0.2, 0.25) is 0 Å². The molecule has 0 saturated heterocycles. The van der Waals surface area contributed by atoms with Crippen LogP contribution in [0.15, 0.2) is 66.7 Å². The van der Waals surface area contributed by atoms with Crippen molar-refractivity contribution in [2.45, 2.75) is 44.4 Å². The summed E-state index contributed by atoms with van der Waals surface area (Å²) in [7, 11) is 2.17. The highest BCUT2D eigenvalue weighted by atomic mass is 15.1. The van der Waals surface area contributed by atoms with Gasteiger partial charge in [-0.3, -0.25) is 0 Å². The lowest BCUT2D eigenvalue weighted by atomic mass is 9.68. The SMILES string of the molecule is Cc1ccc2c(c1)-c1cc(N(C)c3ccccc3)ccc1C21CCCCC1. The second-order valence-corrected chi connectivity index (χ2v) is 8.32. The van der Waals surface area contributed by atoms with Crippen LogP contribution in [0.4, 0.5) is 11.4 Å². The van der Waals surface area contributed by atoms with Crippen LogP contribution in [0.5, 0.6) is 0 Å². The molecule has 0 amide bonds. The molecule has 0 radical (unpaired) electrons. The fourth-order valence-corrected chi connectivity index (χ4v) is 5.32. The molecule has 0 heterocycles. The number of para-hydroxylation sites is 1. The van der Waals surface area contributed by atoms with Gasteiger partial charge < -0.3 is 4.90 Å². The van der Waals surface area contributed by atoms with Gasteiger partial charge >= 0.3 is 0 Å². The van der Waals surface area contributed by atoms with Crippen molar-refractivity contribution in [1.29, 1.82) is 0 Å².